The van der Waals surface area contributed by atoms with Gasteiger partial charge in [-0.3, -0.25) is 0 Å². The molecule has 2 aromatic rings. The van der Waals surface area contributed by atoms with E-state index in [-0.39, 0.29) is 17.8 Å². The molecule has 0 amide bonds. The molecule has 1 spiro atoms. The number of fused-ring (bicyclic) bond motifs is 1. The lowest BCUT2D eigenvalue weighted by Gasteiger charge is -2.49. The Labute approximate surface area is 155 Å². The molecule has 0 aliphatic carbocycles. The summed E-state index contributed by atoms with van der Waals surface area (Å²) in [6.07, 6.45) is 3.28. The number of anilines is 1. The number of ether oxygens (including phenoxy) is 1. The number of aliphatic hydroxyl groups excluding tert-OH is 1. The highest BCUT2D eigenvalue weighted by atomic mass is 16.5. The Morgan fingerprint density at radius 2 is 1.85 bits per heavy atom. The highest BCUT2D eigenvalue weighted by Crippen LogP contribution is 2.40. The van der Waals surface area contributed by atoms with Crippen LogP contribution in [-0.2, 0) is 4.74 Å². The van der Waals surface area contributed by atoms with Crippen molar-refractivity contribution < 1.29 is 9.84 Å². The molecule has 0 unspecified atom stereocenters. The van der Waals surface area contributed by atoms with Gasteiger partial charge in [0.05, 0.1) is 23.5 Å². The summed E-state index contributed by atoms with van der Waals surface area (Å²) in [7, 11) is 0. The standard InChI is InChI=1S/C21H29N3O2/c1-14(2)19-12-16(25)13-21(26-19)8-10-24(11-9-21)20-18-7-5-4-6-17(18)15(3)22-23-20/h4-7,14,16,19,25H,8-13H2,1-3H3/t16-,19-/m1/s1. The Balaban J connectivity index is 1.55. The highest BCUT2D eigenvalue weighted by molar-refractivity contribution is 5.93. The summed E-state index contributed by atoms with van der Waals surface area (Å²) >= 11 is 0. The number of aryl methyl sites for hydroxylation is 1. The van der Waals surface area contributed by atoms with Gasteiger partial charge in [0.2, 0.25) is 0 Å². The van der Waals surface area contributed by atoms with Crippen molar-refractivity contribution >= 4 is 16.6 Å². The second kappa shape index (κ2) is 6.78. The van der Waals surface area contributed by atoms with Crippen LogP contribution >= 0.6 is 0 Å². The largest absolute Gasteiger partial charge is 0.393 e. The van der Waals surface area contributed by atoms with Crippen LogP contribution in [0.25, 0.3) is 10.8 Å². The molecule has 140 valence electrons. The SMILES string of the molecule is Cc1nnc(N2CCC3(CC2)C[C@H](O)C[C@H](C(C)C)O3)c2ccccc12. The van der Waals surface area contributed by atoms with Crippen LogP contribution in [0, 0.1) is 12.8 Å². The molecule has 0 saturated carbocycles. The second-order valence-corrected chi connectivity index (χ2v) is 8.32. The van der Waals surface area contributed by atoms with E-state index in [4.69, 9.17) is 4.74 Å². The fraction of sp³-hybridized carbons (Fsp3) is 0.619. The lowest BCUT2D eigenvalue weighted by atomic mass is 9.80. The topological polar surface area (TPSA) is 58.5 Å². The van der Waals surface area contributed by atoms with Gasteiger partial charge in [-0.1, -0.05) is 38.1 Å². The first-order valence-electron chi connectivity index (χ1n) is 9.80. The van der Waals surface area contributed by atoms with Crippen molar-refractivity contribution in [3.8, 4) is 0 Å². The lowest BCUT2D eigenvalue weighted by molar-refractivity contribution is -0.183. The van der Waals surface area contributed by atoms with Crippen molar-refractivity contribution in [1.29, 1.82) is 0 Å². The van der Waals surface area contributed by atoms with Gasteiger partial charge in [0.1, 0.15) is 0 Å². The van der Waals surface area contributed by atoms with E-state index in [1.807, 2.05) is 6.92 Å². The molecule has 0 bridgehead atoms. The molecule has 2 aliphatic rings. The molecule has 1 aromatic heterocycles. The van der Waals surface area contributed by atoms with E-state index in [1.54, 1.807) is 0 Å². The molecule has 4 rings (SSSR count). The summed E-state index contributed by atoms with van der Waals surface area (Å²) in [5.74, 6) is 1.41. The molecule has 2 fully saturated rings. The van der Waals surface area contributed by atoms with Gasteiger partial charge in [0.25, 0.3) is 0 Å². The molecule has 5 nitrogen and oxygen atoms in total. The van der Waals surface area contributed by atoms with Gasteiger partial charge in [0, 0.05) is 30.3 Å². The first-order chi connectivity index (χ1) is 12.5. The maximum atomic E-state index is 10.4. The van der Waals surface area contributed by atoms with E-state index < -0.39 is 0 Å². The monoisotopic (exact) mass is 355 g/mol. The zero-order valence-electron chi connectivity index (χ0n) is 16.0. The number of aromatic nitrogens is 2. The van der Waals surface area contributed by atoms with Crippen molar-refractivity contribution in [2.24, 2.45) is 5.92 Å². The third-order valence-corrected chi connectivity index (χ3v) is 6.08. The zero-order chi connectivity index (χ0) is 18.3. The van der Waals surface area contributed by atoms with Crippen molar-refractivity contribution in [3.63, 3.8) is 0 Å². The molecule has 1 aromatic carbocycles. The van der Waals surface area contributed by atoms with Crippen LogP contribution in [0.4, 0.5) is 5.82 Å². The number of aliphatic hydroxyl groups is 1. The first kappa shape index (κ1) is 17.7. The van der Waals surface area contributed by atoms with Crippen molar-refractivity contribution in [1.82, 2.24) is 10.2 Å². The van der Waals surface area contributed by atoms with Crippen LogP contribution in [0.5, 0.6) is 0 Å². The van der Waals surface area contributed by atoms with E-state index >= 15 is 0 Å². The predicted octanol–water partition coefficient (Wildman–Crippen LogP) is 3.47. The number of hydrogen-bond acceptors (Lipinski definition) is 5. The normalized spacial score (nSPS) is 26.0. The van der Waals surface area contributed by atoms with E-state index in [2.05, 4.69) is 53.2 Å². The minimum Gasteiger partial charge on any atom is -0.393 e. The van der Waals surface area contributed by atoms with Gasteiger partial charge < -0.3 is 14.7 Å². The molecular weight excluding hydrogens is 326 g/mol. The Morgan fingerprint density at radius 3 is 2.54 bits per heavy atom. The summed E-state index contributed by atoms with van der Waals surface area (Å²) in [5, 5.41) is 21.6. The fourth-order valence-electron chi connectivity index (χ4n) is 4.51. The summed E-state index contributed by atoms with van der Waals surface area (Å²) in [6.45, 7) is 8.14. The van der Waals surface area contributed by atoms with Crippen LogP contribution in [0.2, 0.25) is 0 Å². The van der Waals surface area contributed by atoms with Crippen molar-refractivity contribution in [2.45, 2.75) is 64.3 Å². The fourth-order valence-corrected chi connectivity index (χ4v) is 4.51. The summed E-state index contributed by atoms with van der Waals surface area (Å²) < 4.78 is 6.51. The molecule has 26 heavy (non-hydrogen) atoms. The summed E-state index contributed by atoms with van der Waals surface area (Å²) in [4.78, 5) is 2.33. The molecule has 2 saturated heterocycles. The average molecular weight is 355 g/mol. The summed E-state index contributed by atoms with van der Waals surface area (Å²) in [6, 6.07) is 8.36. The van der Waals surface area contributed by atoms with Gasteiger partial charge in [-0.15, -0.1) is 5.10 Å². The van der Waals surface area contributed by atoms with Gasteiger partial charge >= 0.3 is 0 Å². The van der Waals surface area contributed by atoms with Gasteiger partial charge in [-0.05, 0) is 32.1 Å². The predicted molar refractivity (Wildman–Crippen MR) is 103 cm³/mol. The molecule has 1 N–H and O–H groups in total. The van der Waals surface area contributed by atoms with Gasteiger partial charge in [-0.2, -0.15) is 5.10 Å². The van der Waals surface area contributed by atoms with Crippen LogP contribution in [-0.4, -0.2) is 46.2 Å². The van der Waals surface area contributed by atoms with Crippen LogP contribution in [0.3, 0.4) is 0 Å². The Kier molecular flexibility index (Phi) is 4.61. The third kappa shape index (κ3) is 3.19. The molecule has 2 aliphatic heterocycles. The number of rotatable bonds is 2. The minimum atomic E-state index is -0.248. The molecule has 2 atom stereocenters. The maximum absolute atomic E-state index is 10.4. The molecule has 5 heteroatoms. The second-order valence-electron chi connectivity index (χ2n) is 8.32. The number of hydrogen-bond donors (Lipinski definition) is 1. The average Bonchev–Trinajstić information content (AvgIpc) is 2.63. The number of benzene rings is 1. The summed E-state index contributed by atoms with van der Waals surface area (Å²) in [5.41, 5.74) is 0.785. The van der Waals surface area contributed by atoms with Crippen molar-refractivity contribution in [3.05, 3.63) is 30.0 Å². The third-order valence-electron chi connectivity index (χ3n) is 6.08. The zero-order valence-corrected chi connectivity index (χ0v) is 16.0. The maximum Gasteiger partial charge on any atom is 0.159 e. The Hall–Kier alpha value is -1.72. The van der Waals surface area contributed by atoms with E-state index in [1.165, 1.54) is 10.8 Å². The minimum absolute atomic E-state index is 0.158. The van der Waals surface area contributed by atoms with E-state index in [0.717, 1.165) is 50.3 Å². The first-order valence-corrected chi connectivity index (χ1v) is 9.80. The van der Waals surface area contributed by atoms with Crippen LogP contribution < -0.4 is 4.90 Å². The lowest BCUT2D eigenvalue weighted by Crippen LogP contribution is -2.54. The van der Waals surface area contributed by atoms with Crippen molar-refractivity contribution in [2.75, 3.05) is 18.0 Å². The van der Waals surface area contributed by atoms with E-state index in [9.17, 15) is 5.11 Å². The molecule has 3 heterocycles. The van der Waals surface area contributed by atoms with E-state index in [0.29, 0.717) is 5.92 Å². The molecular formula is C21H29N3O2. The van der Waals surface area contributed by atoms with Gasteiger partial charge in [-0.25, -0.2) is 0 Å². The molecule has 0 radical (unpaired) electrons. The van der Waals surface area contributed by atoms with Crippen LogP contribution in [0.1, 0.15) is 45.2 Å². The van der Waals surface area contributed by atoms with Crippen LogP contribution in [0.15, 0.2) is 24.3 Å². The smallest absolute Gasteiger partial charge is 0.159 e. The number of piperidine rings is 1. The highest BCUT2D eigenvalue weighted by Gasteiger charge is 2.44. The van der Waals surface area contributed by atoms with Gasteiger partial charge in [0.15, 0.2) is 5.82 Å². The quantitative estimate of drug-likeness (QED) is 0.894. The number of nitrogens with zero attached hydrogens (tertiary/aromatic N) is 3. The Morgan fingerprint density at radius 1 is 1.15 bits per heavy atom. The Bertz CT molecular complexity index is 784.